The maximum Gasteiger partial charge on any atom is 0.404 e. The molecule has 1 aromatic carbocycles. The Labute approximate surface area is 131 Å². The lowest BCUT2D eigenvalue weighted by molar-refractivity contribution is 0.104. The van der Waals surface area contributed by atoms with E-state index in [1.807, 2.05) is 38.1 Å². The first-order chi connectivity index (χ1) is 10.5. The van der Waals surface area contributed by atoms with Crippen molar-refractivity contribution in [2.24, 2.45) is 0 Å². The number of amides is 1. The molecule has 22 heavy (non-hydrogen) atoms. The number of rotatable bonds is 10. The van der Waals surface area contributed by atoms with Crippen LogP contribution in [0.5, 0.6) is 5.75 Å². The number of aliphatic hydroxyl groups is 1. The zero-order valence-electron chi connectivity index (χ0n) is 13.2. The minimum absolute atomic E-state index is 0.252. The zero-order valence-corrected chi connectivity index (χ0v) is 13.2. The van der Waals surface area contributed by atoms with Crippen LogP contribution in [0.4, 0.5) is 4.79 Å². The smallest absolute Gasteiger partial charge is 0.404 e. The first-order valence-electron chi connectivity index (χ1n) is 7.57. The number of aliphatic hydroxyl groups excluding tert-OH is 1. The molecule has 0 saturated heterocycles. The molecular weight excluding hydrogens is 284 g/mol. The Morgan fingerprint density at radius 2 is 1.95 bits per heavy atom. The molecule has 0 heterocycles. The minimum Gasteiger partial charge on any atom is -0.491 e. The Bertz CT molecular complexity index is 434. The highest BCUT2D eigenvalue weighted by molar-refractivity contribution is 5.64. The molecule has 1 rings (SSSR count). The van der Waals surface area contributed by atoms with Gasteiger partial charge < -0.3 is 25.6 Å². The van der Waals surface area contributed by atoms with Gasteiger partial charge in [-0.2, -0.15) is 0 Å². The number of carboxylic acid groups (broad SMARTS) is 1. The van der Waals surface area contributed by atoms with Crippen LogP contribution in [-0.2, 0) is 6.42 Å². The van der Waals surface area contributed by atoms with Gasteiger partial charge in [0.25, 0.3) is 0 Å². The van der Waals surface area contributed by atoms with E-state index in [1.54, 1.807) is 0 Å². The van der Waals surface area contributed by atoms with Crippen LogP contribution < -0.4 is 15.4 Å². The Hall–Kier alpha value is -1.79. The van der Waals surface area contributed by atoms with Gasteiger partial charge in [-0.15, -0.1) is 0 Å². The van der Waals surface area contributed by atoms with Gasteiger partial charge in [-0.25, -0.2) is 4.79 Å². The predicted octanol–water partition coefficient (Wildman–Crippen LogP) is 1.62. The molecule has 0 saturated carbocycles. The Morgan fingerprint density at radius 1 is 1.27 bits per heavy atom. The fourth-order valence-corrected chi connectivity index (χ4v) is 1.86. The lowest BCUT2D eigenvalue weighted by Gasteiger charge is -2.15. The molecular formula is C16H26N2O4. The van der Waals surface area contributed by atoms with Crippen molar-refractivity contribution in [2.75, 3.05) is 19.7 Å². The van der Waals surface area contributed by atoms with Gasteiger partial charge in [0.2, 0.25) is 0 Å². The summed E-state index contributed by atoms with van der Waals surface area (Å²) in [6.45, 7) is 5.26. The first kappa shape index (κ1) is 18.3. The number of hydrogen-bond acceptors (Lipinski definition) is 4. The van der Waals surface area contributed by atoms with Crippen molar-refractivity contribution in [3.05, 3.63) is 29.8 Å². The van der Waals surface area contributed by atoms with Gasteiger partial charge >= 0.3 is 6.09 Å². The van der Waals surface area contributed by atoms with Crippen molar-refractivity contribution >= 4 is 6.09 Å². The molecule has 1 amide bonds. The number of aryl methyl sites for hydroxylation is 1. The number of hydrogen-bond donors (Lipinski definition) is 4. The standard InChI is InChI=1S/C16H26N2O4/c1-12(2)18-10-14(19)11-22-15-7-5-13(6-8-15)4-3-9-17-16(20)21/h5-8,12,14,17-19H,3-4,9-11H2,1-2H3,(H,20,21). The van der Waals surface area contributed by atoms with Crippen LogP contribution in [0.3, 0.4) is 0 Å². The molecule has 0 spiro atoms. The lowest BCUT2D eigenvalue weighted by Crippen LogP contribution is -2.35. The molecule has 0 fully saturated rings. The van der Waals surface area contributed by atoms with Crippen molar-refractivity contribution < 1.29 is 19.7 Å². The van der Waals surface area contributed by atoms with E-state index < -0.39 is 12.2 Å². The highest BCUT2D eigenvalue weighted by Crippen LogP contribution is 2.13. The molecule has 0 aromatic heterocycles. The van der Waals surface area contributed by atoms with Gasteiger partial charge in [0, 0.05) is 19.1 Å². The van der Waals surface area contributed by atoms with E-state index in [9.17, 15) is 9.90 Å². The highest BCUT2D eigenvalue weighted by Gasteiger charge is 2.06. The first-order valence-corrected chi connectivity index (χ1v) is 7.57. The van der Waals surface area contributed by atoms with Gasteiger partial charge in [0.15, 0.2) is 0 Å². The average Bonchev–Trinajstić information content (AvgIpc) is 2.48. The largest absolute Gasteiger partial charge is 0.491 e. The van der Waals surface area contributed by atoms with E-state index >= 15 is 0 Å². The van der Waals surface area contributed by atoms with Crippen molar-refractivity contribution in [1.29, 1.82) is 0 Å². The van der Waals surface area contributed by atoms with Crippen molar-refractivity contribution in [1.82, 2.24) is 10.6 Å². The summed E-state index contributed by atoms with van der Waals surface area (Å²) < 4.78 is 5.53. The van der Waals surface area contributed by atoms with Crippen molar-refractivity contribution in [3.63, 3.8) is 0 Å². The van der Waals surface area contributed by atoms with E-state index in [0.29, 0.717) is 19.1 Å². The molecule has 4 N–H and O–H groups in total. The summed E-state index contributed by atoms with van der Waals surface area (Å²) in [4.78, 5) is 10.3. The molecule has 124 valence electrons. The van der Waals surface area contributed by atoms with Crippen molar-refractivity contribution in [3.8, 4) is 5.75 Å². The zero-order chi connectivity index (χ0) is 16.4. The van der Waals surface area contributed by atoms with Crippen molar-refractivity contribution in [2.45, 2.75) is 38.8 Å². The van der Waals surface area contributed by atoms with Crippen LogP contribution in [0.1, 0.15) is 25.8 Å². The Morgan fingerprint density at radius 3 is 2.55 bits per heavy atom. The Balaban J connectivity index is 2.25. The number of benzene rings is 1. The van der Waals surface area contributed by atoms with Gasteiger partial charge in [0.1, 0.15) is 18.5 Å². The molecule has 1 atom stereocenters. The summed E-state index contributed by atoms with van der Waals surface area (Å²) >= 11 is 0. The number of carbonyl (C=O) groups is 1. The third kappa shape index (κ3) is 8.49. The molecule has 0 radical (unpaired) electrons. The predicted molar refractivity (Wildman–Crippen MR) is 85.4 cm³/mol. The SMILES string of the molecule is CC(C)NCC(O)COc1ccc(CCCNC(=O)O)cc1. The third-order valence-electron chi connectivity index (χ3n) is 3.05. The second kappa shape index (κ2) is 10.0. The fourth-order valence-electron chi connectivity index (χ4n) is 1.86. The normalized spacial score (nSPS) is 12.2. The van der Waals surface area contributed by atoms with Crippen LogP contribution in [0.2, 0.25) is 0 Å². The van der Waals surface area contributed by atoms with Gasteiger partial charge in [0.05, 0.1) is 0 Å². The summed E-state index contributed by atoms with van der Waals surface area (Å²) in [5.41, 5.74) is 1.13. The van der Waals surface area contributed by atoms with Gasteiger partial charge in [-0.3, -0.25) is 0 Å². The number of ether oxygens (including phenoxy) is 1. The van der Waals surface area contributed by atoms with Crippen LogP contribution in [-0.4, -0.2) is 48.1 Å². The molecule has 6 nitrogen and oxygen atoms in total. The fraction of sp³-hybridized carbons (Fsp3) is 0.562. The van der Waals surface area contributed by atoms with Crippen LogP contribution >= 0.6 is 0 Å². The molecule has 0 aliphatic carbocycles. The van der Waals surface area contributed by atoms with E-state index in [4.69, 9.17) is 9.84 Å². The molecule has 0 aliphatic heterocycles. The minimum atomic E-state index is -0.991. The van der Waals surface area contributed by atoms with Crippen LogP contribution in [0.15, 0.2) is 24.3 Å². The van der Waals surface area contributed by atoms with E-state index in [-0.39, 0.29) is 6.61 Å². The quantitative estimate of drug-likeness (QED) is 0.493. The molecule has 0 aliphatic rings. The van der Waals surface area contributed by atoms with E-state index in [0.717, 1.165) is 24.2 Å². The summed E-state index contributed by atoms with van der Waals surface area (Å²) in [6.07, 6.45) is 0.0338. The third-order valence-corrected chi connectivity index (χ3v) is 3.05. The summed E-state index contributed by atoms with van der Waals surface area (Å²) in [6, 6.07) is 7.97. The average molecular weight is 310 g/mol. The maximum absolute atomic E-state index is 10.3. The van der Waals surface area contributed by atoms with Crippen LogP contribution in [0, 0.1) is 0 Å². The van der Waals surface area contributed by atoms with Gasteiger partial charge in [-0.05, 0) is 30.5 Å². The Kier molecular flexibility index (Phi) is 8.32. The summed E-state index contributed by atoms with van der Waals surface area (Å²) in [5, 5.41) is 23.7. The second-order valence-electron chi connectivity index (χ2n) is 5.51. The molecule has 0 bridgehead atoms. The molecule has 1 aromatic rings. The van der Waals surface area contributed by atoms with E-state index in [2.05, 4.69) is 10.6 Å². The van der Waals surface area contributed by atoms with Crippen LogP contribution in [0.25, 0.3) is 0 Å². The lowest BCUT2D eigenvalue weighted by atomic mass is 10.1. The van der Waals surface area contributed by atoms with Gasteiger partial charge in [-0.1, -0.05) is 26.0 Å². The molecule has 1 unspecified atom stereocenters. The van der Waals surface area contributed by atoms with E-state index in [1.165, 1.54) is 0 Å². The monoisotopic (exact) mass is 310 g/mol. The highest BCUT2D eigenvalue weighted by atomic mass is 16.5. The molecule has 6 heteroatoms. The maximum atomic E-state index is 10.3. The number of nitrogens with one attached hydrogen (secondary N) is 2. The second-order valence-corrected chi connectivity index (χ2v) is 5.51. The summed E-state index contributed by atoms with van der Waals surface area (Å²) in [7, 11) is 0. The summed E-state index contributed by atoms with van der Waals surface area (Å²) in [5.74, 6) is 0.719. The topological polar surface area (TPSA) is 90.8 Å².